The minimum Gasteiger partial charge on any atom is -0.373 e. The molecule has 0 bridgehead atoms. The van der Waals surface area contributed by atoms with E-state index in [1.807, 2.05) is 0 Å². The summed E-state index contributed by atoms with van der Waals surface area (Å²) in [7, 11) is 2.23. The van der Waals surface area contributed by atoms with Crippen LogP contribution in [0.25, 0.3) is 0 Å². The molecule has 0 amide bonds. The van der Waals surface area contributed by atoms with E-state index in [1.54, 1.807) is 0 Å². The van der Waals surface area contributed by atoms with Gasteiger partial charge in [0.05, 0.1) is 0 Å². The van der Waals surface area contributed by atoms with Gasteiger partial charge in [0.1, 0.15) is 0 Å². The lowest BCUT2D eigenvalue weighted by Crippen LogP contribution is -2.45. The van der Waals surface area contributed by atoms with Crippen molar-refractivity contribution >= 4 is 5.69 Å². The molecule has 21 heavy (non-hydrogen) atoms. The van der Waals surface area contributed by atoms with E-state index >= 15 is 0 Å². The van der Waals surface area contributed by atoms with E-state index in [-0.39, 0.29) is 0 Å². The molecule has 0 heterocycles. The highest BCUT2D eigenvalue weighted by molar-refractivity contribution is 5.46. The second-order valence-corrected chi connectivity index (χ2v) is 6.67. The first-order valence-corrected chi connectivity index (χ1v) is 8.72. The van der Waals surface area contributed by atoms with E-state index in [1.165, 1.54) is 49.8 Å². The Morgan fingerprint density at radius 1 is 1.14 bits per heavy atom. The van der Waals surface area contributed by atoms with Crippen molar-refractivity contribution < 1.29 is 0 Å². The average Bonchev–Trinajstić information content (AvgIpc) is 2.52. The first-order chi connectivity index (χ1) is 10.2. The van der Waals surface area contributed by atoms with E-state index < -0.39 is 0 Å². The van der Waals surface area contributed by atoms with Gasteiger partial charge in [-0.25, -0.2) is 0 Å². The van der Waals surface area contributed by atoms with Crippen LogP contribution in [0.1, 0.15) is 51.0 Å². The van der Waals surface area contributed by atoms with Gasteiger partial charge in [0, 0.05) is 25.3 Å². The zero-order valence-electron chi connectivity index (χ0n) is 14.1. The molecule has 2 rings (SSSR count). The Morgan fingerprint density at radius 2 is 1.81 bits per heavy atom. The molecule has 0 spiro atoms. The Kier molecular flexibility index (Phi) is 6.56. The Hall–Kier alpha value is -1.02. The number of hydrogen-bond acceptors (Lipinski definition) is 2. The van der Waals surface area contributed by atoms with Crippen LogP contribution in [0.4, 0.5) is 5.69 Å². The molecule has 1 aliphatic carbocycles. The number of nitrogens with zero attached hydrogens (tertiary/aromatic N) is 1. The lowest BCUT2D eigenvalue weighted by Gasteiger charge is -2.34. The van der Waals surface area contributed by atoms with Crippen molar-refractivity contribution in [2.75, 3.05) is 25.0 Å². The highest BCUT2D eigenvalue weighted by Gasteiger charge is 2.24. The molecule has 0 aromatic heterocycles. The van der Waals surface area contributed by atoms with E-state index in [2.05, 4.69) is 55.4 Å². The summed E-state index contributed by atoms with van der Waals surface area (Å²) >= 11 is 0. The summed E-state index contributed by atoms with van der Waals surface area (Å²) in [5.41, 5.74) is 2.67. The van der Waals surface area contributed by atoms with Gasteiger partial charge in [0.2, 0.25) is 0 Å². The third-order valence-electron chi connectivity index (χ3n) is 4.82. The van der Waals surface area contributed by atoms with Crippen LogP contribution >= 0.6 is 0 Å². The van der Waals surface area contributed by atoms with E-state index in [0.717, 1.165) is 19.0 Å². The Balaban J connectivity index is 1.97. The molecular weight excluding hydrogens is 256 g/mol. The summed E-state index contributed by atoms with van der Waals surface area (Å²) in [5.74, 6) is 0.859. The summed E-state index contributed by atoms with van der Waals surface area (Å²) in [6.45, 7) is 6.67. The number of anilines is 1. The van der Waals surface area contributed by atoms with Crippen LogP contribution in [0.2, 0.25) is 0 Å². The molecule has 0 aliphatic heterocycles. The molecule has 0 saturated heterocycles. The van der Waals surface area contributed by atoms with Crippen molar-refractivity contribution in [3.63, 3.8) is 0 Å². The smallest absolute Gasteiger partial charge is 0.0364 e. The van der Waals surface area contributed by atoms with Gasteiger partial charge in [-0.15, -0.1) is 0 Å². The summed E-state index contributed by atoms with van der Waals surface area (Å²) < 4.78 is 0. The molecule has 1 unspecified atom stereocenters. The van der Waals surface area contributed by atoms with Gasteiger partial charge < -0.3 is 10.2 Å². The van der Waals surface area contributed by atoms with Crippen molar-refractivity contribution in [3.05, 3.63) is 29.8 Å². The Morgan fingerprint density at radius 3 is 2.43 bits per heavy atom. The molecule has 118 valence electrons. The molecule has 2 nitrogen and oxygen atoms in total. The molecule has 1 fully saturated rings. The van der Waals surface area contributed by atoms with E-state index in [4.69, 9.17) is 0 Å². The largest absolute Gasteiger partial charge is 0.373 e. The number of rotatable bonds is 7. The molecule has 1 N–H and O–H groups in total. The fourth-order valence-corrected chi connectivity index (χ4v) is 3.45. The standard InChI is InChI=1S/C19H32N2/c1-4-14-20-19(17-8-6-5-7-9-17)15-21(3)18-12-10-16(2)11-13-18/h10-13,17,19-20H,4-9,14-15H2,1-3H3. The first-order valence-electron chi connectivity index (χ1n) is 8.72. The lowest BCUT2D eigenvalue weighted by molar-refractivity contribution is 0.271. The summed E-state index contributed by atoms with van der Waals surface area (Å²) in [4.78, 5) is 2.42. The van der Waals surface area contributed by atoms with Crippen LogP contribution in [0, 0.1) is 12.8 Å². The monoisotopic (exact) mass is 288 g/mol. The second kappa shape index (κ2) is 8.43. The van der Waals surface area contributed by atoms with Gasteiger partial charge in [-0.3, -0.25) is 0 Å². The third kappa shape index (κ3) is 5.03. The number of benzene rings is 1. The molecule has 2 heteroatoms. The van der Waals surface area contributed by atoms with Crippen LogP contribution in [-0.2, 0) is 0 Å². The fourth-order valence-electron chi connectivity index (χ4n) is 3.45. The topological polar surface area (TPSA) is 15.3 Å². The number of aryl methyl sites for hydroxylation is 1. The number of likely N-dealkylation sites (N-methyl/N-ethyl adjacent to an activating group) is 1. The normalized spacial score (nSPS) is 17.7. The molecule has 1 aromatic rings. The SMILES string of the molecule is CCCNC(CN(C)c1ccc(C)cc1)C1CCCCC1. The lowest BCUT2D eigenvalue weighted by atomic mass is 9.83. The highest BCUT2D eigenvalue weighted by atomic mass is 15.1. The Bertz CT molecular complexity index is 393. The maximum Gasteiger partial charge on any atom is 0.0364 e. The van der Waals surface area contributed by atoms with E-state index in [0.29, 0.717) is 6.04 Å². The van der Waals surface area contributed by atoms with Crippen molar-refractivity contribution in [3.8, 4) is 0 Å². The molecule has 1 aliphatic rings. The third-order valence-corrected chi connectivity index (χ3v) is 4.82. The van der Waals surface area contributed by atoms with Gasteiger partial charge in [-0.1, -0.05) is 43.9 Å². The van der Waals surface area contributed by atoms with Crippen molar-refractivity contribution in [1.29, 1.82) is 0 Å². The fraction of sp³-hybridized carbons (Fsp3) is 0.684. The minimum absolute atomic E-state index is 0.636. The van der Waals surface area contributed by atoms with Crippen LogP contribution in [0.5, 0.6) is 0 Å². The summed E-state index contributed by atoms with van der Waals surface area (Å²) in [5, 5.41) is 3.81. The Labute approximate surface area is 130 Å². The molecule has 1 aromatic carbocycles. The maximum absolute atomic E-state index is 3.81. The van der Waals surface area contributed by atoms with Crippen LogP contribution in [-0.4, -0.2) is 26.2 Å². The number of hydrogen-bond donors (Lipinski definition) is 1. The molecular formula is C19H32N2. The number of nitrogens with one attached hydrogen (secondary N) is 1. The van der Waals surface area contributed by atoms with Gasteiger partial charge in [0.25, 0.3) is 0 Å². The predicted molar refractivity (Wildman–Crippen MR) is 93.1 cm³/mol. The van der Waals surface area contributed by atoms with Crippen LogP contribution in [0.3, 0.4) is 0 Å². The predicted octanol–water partition coefficient (Wildman–Crippen LogP) is 4.38. The van der Waals surface area contributed by atoms with Crippen molar-refractivity contribution in [2.45, 2.75) is 58.4 Å². The van der Waals surface area contributed by atoms with E-state index in [9.17, 15) is 0 Å². The van der Waals surface area contributed by atoms with Crippen molar-refractivity contribution in [1.82, 2.24) is 5.32 Å². The molecule has 0 radical (unpaired) electrons. The van der Waals surface area contributed by atoms with Crippen LogP contribution in [0.15, 0.2) is 24.3 Å². The van der Waals surface area contributed by atoms with Crippen molar-refractivity contribution in [2.24, 2.45) is 5.92 Å². The summed E-state index contributed by atoms with van der Waals surface area (Å²) in [6.07, 6.45) is 8.31. The van der Waals surface area contributed by atoms with Gasteiger partial charge >= 0.3 is 0 Å². The highest BCUT2D eigenvalue weighted by Crippen LogP contribution is 2.27. The first kappa shape index (κ1) is 16.4. The summed E-state index contributed by atoms with van der Waals surface area (Å²) in [6, 6.07) is 9.54. The van der Waals surface area contributed by atoms with Crippen LogP contribution < -0.4 is 10.2 Å². The van der Waals surface area contributed by atoms with Gasteiger partial charge in [-0.05, 0) is 50.8 Å². The zero-order valence-corrected chi connectivity index (χ0v) is 14.1. The maximum atomic E-state index is 3.81. The average molecular weight is 288 g/mol. The zero-order chi connectivity index (χ0) is 15.1. The molecule has 1 atom stereocenters. The minimum atomic E-state index is 0.636. The van der Waals surface area contributed by atoms with Gasteiger partial charge in [0.15, 0.2) is 0 Å². The molecule has 1 saturated carbocycles. The quantitative estimate of drug-likeness (QED) is 0.801. The van der Waals surface area contributed by atoms with Gasteiger partial charge in [-0.2, -0.15) is 0 Å². The second-order valence-electron chi connectivity index (χ2n) is 6.67.